The van der Waals surface area contributed by atoms with Crippen molar-refractivity contribution in [3.05, 3.63) is 30.2 Å². The smallest absolute Gasteiger partial charge is 0.317 e. The van der Waals surface area contributed by atoms with Gasteiger partial charge >= 0.3 is 6.03 Å². The number of carbonyl (C=O) groups excluding carboxylic acids is 1. The predicted octanol–water partition coefficient (Wildman–Crippen LogP) is 1.35. The second-order valence-electron chi connectivity index (χ2n) is 5.75. The molecule has 2 aromatic rings. The van der Waals surface area contributed by atoms with Gasteiger partial charge in [0.1, 0.15) is 6.10 Å². The quantitative estimate of drug-likeness (QED) is 0.821. The molecule has 1 saturated heterocycles. The first-order chi connectivity index (χ1) is 11.7. The maximum atomic E-state index is 12.1. The number of hydrogen-bond acceptors (Lipinski definition) is 6. The minimum absolute atomic E-state index is 0.105. The zero-order chi connectivity index (χ0) is 16.8. The van der Waals surface area contributed by atoms with E-state index in [9.17, 15) is 4.79 Å². The van der Waals surface area contributed by atoms with Gasteiger partial charge in [-0.15, -0.1) is 0 Å². The van der Waals surface area contributed by atoms with Crippen molar-refractivity contribution >= 4 is 6.03 Å². The van der Waals surface area contributed by atoms with Crippen LogP contribution in [0.2, 0.25) is 0 Å². The topological polar surface area (TPSA) is 98.3 Å². The molecule has 0 aliphatic carbocycles. The van der Waals surface area contributed by atoms with Gasteiger partial charge in [0.15, 0.2) is 5.82 Å². The van der Waals surface area contributed by atoms with Crippen molar-refractivity contribution in [3.8, 4) is 0 Å². The lowest BCUT2D eigenvalue weighted by atomic mass is 10.2. The lowest BCUT2D eigenvalue weighted by molar-refractivity contribution is 0.0835. The average molecular weight is 334 g/mol. The van der Waals surface area contributed by atoms with E-state index in [1.165, 1.54) is 0 Å². The summed E-state index contributed by atoms with van der Waals surface area (Å²) in [6, 6.07) is 1.71. The van der Waals surface area contributed by atoms with Gasteiger partial charge in [-0.3, -0.25) is 4.68 Å². The monoisotopic (exact) mass is 334 g/mol. The first kappa shape index (κ1) is 16.4. The first-order valence-corrected chi connectivity index (χ1v) is 8.13. The van der Waals surface area contributed by atoms with Gasteiger partial charge in [-0.05, 0) is 25.3 Å². The number of nitrogens with zero attached hydrogens (tertiary/aromatic N) is 5. The van der Waals surface area contributed by atoms with Crippen molar-refractivity contribution in [2.45, 2.75) is 38.5 Å². The summed E-state index contributed by atoms with van der Waals surface area (Å²) >= 11 is 0. The maximum Gasteiger partial charge on any atom is 0.317 e. The van der Waals surface area contributed by atoms with Crippen LogP contribution in [0.25, 0.3) is 0 Å². The second kappa shape index (κ2) is 7.91. The van der Waals surface area contributed by atoms with E-state index >= 15 is 0 Å². The molecule has 3 rings (SSSR count). The van der Waals surface area contributed by atoms with Crippen molar-refractivity contribution in [3.63, 3.8) is 0 Å². The number of hydrogen-bond donors (Lipinski definition) is 1. The van der Waals surface area contributed by atoms with Crippen LogP contribution in [-0.4, -0.2) is 51.1 Å². The Morgan fingerprint density at radius 2 is 2.46 bits per heavy atom. The maximum absolute atomic E-state index is 12.1. The Balaban J connectivity index is 1.38. The number of ether oxygens (including phenoxy) is 1. The lowest BCUT2D eigenvalue weighted by Gasteiger charge is -2.17. The first-order valence-electron chi connectivity index (χ1n) is 8.13. The average Bonchev–Trinajstić information content (AvgIpc) is 3.33. The Morgan fingerprint density at radius 3 is 3.21 bits per heavy atom. The minimum atomic E-state index is -0.168. The van der Waals surface area contributed by atoms with Crippen LogP contribution in [0.4, 0.5) is 4.79 Å². The second-order valence-corrected chi connectivity index (χ2v) is 5.75. The summed E-state index contributed by atoms with van der Waals surface area (Å²) in [5, 5.41) is 10.8. The third-order valence-electron chi connectivity index (χ3n) is 3.87. The van der Waals surface area contributed by atoms with Crippen LogP contribution in [0.15, 0.2) is 23.0 Å². The number of aryl methyl sites for hydroxylation is 1. The summed E-state index contributed by atoms with van der Waals surface area (Å²) in [5.74, 6) is 0.947. The zero-order valence-corrected chi connectivity index (χ0v) is 13.7. The van der Waals surface area contributed by atoms with Crippen molar-refractivity contribution in [2.24, 2.45) is 0 Å². The molecule has 0 saturated carbocycles. The largest absolute Gasteiger partial charge is 0.368 e. The summed E-state index contributed by atoms with van der Waals surface area (Å²) < 4.78 is 12.5. The van der Waals surface area contributed by atoms with Crippen LogP contribution in [0, 0.1) is 0 Å². The molecule has 1 atom stereocenters. The van der Waals surface area contributed by atoms with Gasteiger partial charge in [0, 0.05) is 39.1 Å². The van der Waals surface area contributed by atoms with Crippen molar-refractivity contribution in [1.29, 1.82) is 0 Å². The number of urea groups is 1. The van der Waals surface area contributed by atoms with Crippen molar-refractivity contribution < 1.29 is 14.1 Å². The molecular formula is C15H22N6O3. The number of aromatic nitrogens is 4. The van der Waals surface area contributed by atoms with E-state index < -0.39 is 0 Å². The molecule has 24 heavy (non-hydrogen) atoms. The molecule has 1 fully saturated rings. The molecular weight excluding hydrogens is 312 g/mol. The van der Waals surface area contributed by atoms with E-state index in [2.05, 4.69) is 20.6 Å². The molecule has 0 unspecified atom stereocenters. The highest BCUT2D eigenvalue weighted by atomic mass is 16.5. The number of amides is 2. The van der Waals surface area contributed by atoms with E-state index in [1.807, 2.05) is 16.9 Å². The SMILES string of the molecule is CN(CCCn1cccn1)C(=O)NCc1noc([C@@H]2CCCO2)n1. The standard InChI is InChI=1S/C15H22N6O3/c1-20(7-4-9-21-8-3-6-17-21)15(22)16-11-13-18-14(24-19-13)12-5-2-10-23-12/h3,6,8,12H,2,4-5,7,9-11H2,1H3,(H,16,22)/t12-/m0/s1. The Bertz CT molecular complexity index is 635. The molecule has 130 valence electrons. The lowest BCUT2D eigenvalue weighted by Crippen LogP contribution is -2.37. The van der Waals surface area contributed by atoms with Crippen LogP contribution >= 0.6 is 0 Å². The molecule has 1 aliphatic heterocycles. The van der Waals surface area contributed by atoms with Gasteiger partial charge in [0.05, 0.1) is 6.54 Å². The molecule has 0 bridgehead atoms. The Labute approximate surface area is 140 Å². The van der Waals surface area contributed by atoms with Gasteiger partial charge in [-0.25, -0.2) is 4.79 Å². The van der Waals surface area contributed by atoms with Gasteiger partial charge in [0.2, 0.25) is 0 Å². The fourth-order valence-electron chi connectivity index (χ4n) is 2.54. The highest BCUT2D eigenvalue weighted by Crippen LogP contribution is 2.26. The number of carbonyl (C=O) groups is 1. The van der Waals surface area contributed by atoms with Gasteiger partial charge < -0.3 is 19.5 Å². The van der Waals surface area contributed by atoms with Gasteiger partial charge in [-0.1, -0.05) is 5.16 Å². The van der Waals surface area contributed by atoms with Gasteiger partial charge in [-0.2, -0.15) is 10.1 Å². The predicted molar refractivity (Wildman–Crippen MR) is 83.9 cm³/mol. The summed E-state index contributed by atoms with van der Waals surface area (Å²) in [4.78, 5) is 18.0. The van der Waals surface area contributed by atoms with Crippen LogP contribution in [0.3, 0.4) is 0 Å². The normalized spacial score (nSPS) is 17.1. The van der Waals surface area contributed by atoms with E-state index in [1.54, 1.807) is 18.1 Å². The highest BCUT2D eigenvalue weighted by molar-refractivity contribution is 5.73. The summed E-state index contributed by atoms with van der Waals surface area (Å²) in [7, 11) is 1.76. The van der Waals surface area contributed by atoms with Crippen LogP contribution in [0.1, 0.15) is 37.1 Å². The molecule has 0 radical (unpaired) electrons. The third-order valence-corrected chi connectivity index (χ3v) is 3.87. The molecule has 9 heteroatoms. The van der Waals surface area contributed by atoms with E-state index in [0.29, 0.717) is 18.3 Å². The fourth-order valence-corrected chi connectivity index (χ4v) is 2.54. The highest BCUT2D eigenvalue weighted by Gasteiger charge is 2.23. The van der Waals surface area contributed by atoms with Gasteiger partial charge in [0.25, 0.3) is 5.89 Å². The summed E-state index contributed by atoms with van der Waals surface area (Å²) in [6.45, 7) is 2.38. The third kappa shape index (κ3) is 4.31. The van der Waals surface area contributed by atoms with Crippen LogP contribution in [0.5, 0.6) is 0 Å². The molecule has 3 heterocycles. The molecule has 0 spiro atoms. The van der Waals surface area contributed by atoms with Crippen LogP contribution < -0.4 is 5.32 Å². The number of nitrogens with one attached hydrogen (secondary N) is 1. The molecule has 9 nitrogen and oxygen atoms in total. The van der Waals surface area contributed by atoms with Crippen LogP contribution in [-0.2, 0) is 17.8 Å². The molecule has 2 aromatic heterocycles. The molecule has 2 amide bonds. The Morgan fingerprint density at radius 1 is 1.54 bits per heavy atom. The minimum Gasteiger partial charge on any atom is -0.368 e. The summed E-state index contributed by atoms with van der Waals surface area (Å²) in [6.07, 6.45) is 6.27. The number of rotatable bonds is 7. The van der Waals surface area contributed by atoms with E-state index in [0.717, 1.165) is 32.4 Å². The molecule has 1 aliphatic rings. The van der Waals surface area contributed by atoms with Crippen molar-refractivity contribution in [2.75, 3.05) is 20.2 Å². The Hall–Kier alpha value is -2.42. The Kier molecular flexibility index (Phi) is 5.42. The van der Waals surface area contributed by atoms with E-state index in [4.69, 9.17) is 9.26 Å². The molecule has 0 aromatic carbocycles. The summed E-state index contributed by atoms with van der Waals surface area (Å²) in [5.41, 5.74) is 0. The molecule has 1 N–H and O–H groups in total. The van der Waals surface area contributed by atoms with E-state index in [-0.39, 0.29) is 18.7 Å². The zero-order valence-electron chi connectivity index (χ0n) is 13.7. The van der Waals surface area contributed by atoms with Crippen molar-refractivity contribution in [1.82, 2.24) is 30.1 Å². The fraction of sp³-hybridized carbons (Fsp3) is 0.600.